The van der Waals surface area contributed by atoms with Gasteiger partial charge in [0.15, 0.2) is 0 Å². The third-order valence-corrected chi connectivity index (χ3v) is 1.75. The first kappa shape index (κ1) is 10.8. The van der Waals surface area contributed by atoms with Gasteiger partial charge in [-0.25, -0.2) is 4.39 Å². The predicted molar refractivity (Wildman–Crippen MR) is 55.9 cm³/mol. The molecule has 0 atom stereocenters. The van der Waals surface area contributed by atoms with Gasteiger partial charge in [0.05, 0.1) is 6.61 Å². The van der Waals surface area contributed by atoms with Gasteiger partial charge in [-0.3, -0.25) is 0 Å². The van der Waals surface area contributed by atoms with Crippen LogP contribution in [-0.4, -0.2) is 6.61 Å². The second-order valence-electron chi connectivity index (χ2n) is 2.97. The van der Waals surface area contributed by atoms with Gasteiger partial charge < -0.3 is 4.74 Å². The lowest BCUT2D eigenvalue weighted by Gasteiger charge is -2.03. The van der Waals surface area contributed by atoms with E-state index in [0.29, 0.717) is 12.4 Å². The molecule has 0 aliphatic rings. The number of hydrogen-bond acceptors (Lipinski definition) is 1. The Kier molecular flexibility index (Phi) is 4.76. The van der Waals surface area contributed by atoms with Crippen molar-refractivity contribution >= 4 is 0 Å². The summed E-state index contributed by atoms with van der Waals surface area (Å²) < 4.78 is 18.0. The lowest BCUT2D eigenvalue weighted by Crippen LogP contribution is -1.95. The first-order valence-electron chi connectivity index (χ1n) is 4.86. The molecule has 1 nitrogen and oxygen atoms in total. The summed E-state index contributed by atoms with van der Waals surface area (Å²) in [6.07, 6.45) is 6.07. The average molecular weight is 194 g/mol. The quantitative estimate of drug-likeness (QED) is 0.514. The van der Waals surface area contributed by atoms with Gasteiger partial charge in [-0.1, -0.05) is 25.1 Å². The van der Waals surface area contributed by atoms with Crippen LogP contribution in [0.25, 0.3) is 0 Å². The molecule has 0 bridgehead atoms. The highest BCUT2D eigenvalue weighted by atomic mass is 19.1. The fraction of sp³-hybridized carbons (Fsp3) is 0.333. The Balaban J connectivity index is 2.28. The molecule has 0 aliphatic heterocycles. The van der Waals surface area contributed by atoms with Crippen molar-refractivity contribution in [2.75, 3.05) is 6.61 Å². The van der Waals surface area contributed by atoms with Crippen LogP contribution in [0.3, 0.4) is 0 Å². The van der Waals surface area contributed by atoms with Crippen LogP contribution in [0.1, 0.15) is 19.8 Å². The highest BCUT2D eigenvalue weighted by molar-refractivity contribution is 5.22. The van der Waals surface area contributed by atoms with Gasteiger partial charge in [-0.05, 0) is 25.0 Å². The van der Waals surface area contributed by atoms with Crippen molar-refractivity contribution in [2.45, 2.75) is 19.8 Å². The Morgan fingerprint density at radius 1 is 1.36 bits per heavy atom. The minimum atomic E-state index is -0.258. The zero-order valence-corrected chi connectivity index (χ0v) is 8.37. The highest BCUT2D eigenvalue weighted by Gasteiger charge is 1.93. The van der Waals surface area contributed by atoms with Gasteiger partial charge in [-0.2, -0.15) is 0 Å². The van der Waals surface area contributed by atoms with Crippen LogP contribution in [0.4, 0.5) is 4.39 Å². The van der Waals surface area contributed by atoms with Gasteiger partial charge >= 0.3 is 0 Å². The number of rotatable bonds is 5. The number of halogens is 1. The number of ether oxygens (including phenoxy) is 1. The topological polar surface area (TPSA) is 9.23 Å². The van der Waals surface area contributed by atoms with E-state index in [2.05, 4.69) is 19.1 Å². The molecule has 0 radical (unpaired) electrons. The second kappa shape index (κ2) is 6.19. The summed E-state index contributed by atoms with van der Waals surface area (Å²) in [4.78, 5) is 0. The van der Waals surface area contributed by atoms with E-state index in [1.165, 1.54) is 12.1 Å². The zero-order valence-electron chi connectivity index (χ0n) is 8.37. The normalized spacial score (nSPS) is 10.7. The molecule has 1 aromatic rings. The van der Waals surface area contributed by atoms with Crippen LogP contribution >= 0.6 is 0 Å². The minimum Gasteiger partial charge on any atom is -0.493 e. The monoisotopic (exact) mass is 194 g/mol. The Morgan fingerprint density at radius 3 is 2.93 bits per heavy atom. The molecular formula is C12H15FO. The fourth-order valence-corrected chi connectivity index (χ4v) is 1.09. The first-order valence-corrected chi connectivity index (χ1v) is 4.86. The van der Waals surface area contributed by atoms with E-state index in [4.69, 9.17) is 4.74 Å². The van der Waals surface area contributed by atoms with Gasteiger partial charge in [0, 0.05) is 6.07 Å². The van der Waals surface area contributed by atoms with Crippen molar-refractivity contribution < 1.29 is 9.13 Å². The third kappa shape index (κ3) is 4.08. The smallest absolute Gasteiger partial charge is 0.126 e. The van der Waals surface area contributed by atoms with E-state index < -0.39 is 0 Å². The zero-order chi connectivity index (χ0) is 10.2. The molecule has 0 spiro atoms. The molecule has 76 valence electrons. The predicted octanol–water partition coefficient (Wildman–Crippen LogP) is 3.56. The molecule has 0 amide bonds. The molecule has 0 saturated carbocycles. The summed E-state index contributed by atoms with van der Waals surface area (Å²) in [7, 11) is 0. The highest BCUT2D eigenvalue weighted by Crippen LogP contribution is 2.11. The standard InChI is InChI=1S/C12H15FO/c1-2-3-4-5-9-14-12-8-6-7-11(13)10-12/h3-4,6-8,10H,2,5,9H2,1H3/b4-3+. The molecule has 0 N–H and O–H groups in total. The lowest BCUT2D eigenvalue weighted by molar-refractivity contribution is 0.323. The summed E-state index contributed by atoms with van der Waals surface area (Å²) in [5, 5.41) is 0. The SMILES string of the molecule is CC/C=C/CCOc1cccc(F)c1. The molecule has 2 heteroatoms. The Morgan fingerprint density at radius 2 is 2.21 bits per heavy atom. The lowest BCUT2D eigenvalue weighted by atomic mass is 10.3. The number of hydrogen-bond donors (Lipinski definition) is 0. The molecule has 1 aromatic carbocycles. The first-order chi connectivity index (χ1) is 6.83. The molecule has 0 aromatic heterocycles. The van der Waals surface area contributed by atoms with E-state index in [-0.39, 0.29) is 5.82 Å². The van der Waals surface area contributed by atoms with Gasteiger partial charge in [-0.15, -0.1) is 0 Å². The summed E-state index contributed by atoms with van der Waals surface area (Å²) in [6.45, 7) is 2.68. The maximum atomic E-state index is 12.7. The molecule has 0 unspecified atom stereocenters. The molecule has 0 saturated heterocycles. The Labute approximate surface area is 84.2 Å². The van der Waals surface area contributed by atoms with E-state index in [1.54, 1.807) is 12.1 Å². The second-order valence-corrected chi connectivity index (χ2v) is 2.97. The maximum absolute atomic E-state index is 12.7. The van der Waals surface area contributed by atoms with Crippen LogP contribution in [0.2, 0.25) is 0 Å². The van der Waals surface area contributed by atoms with Crippen LogP contribution in [0.15, 0.2) is 36.4 Å². The van der Waals surface area contributed by atoms with E-state index in [9.17, 15) is 4.39 Å². The maximum Gasteiger partial charge on any atom is 0.126 e. The Bertz CT molecular complexity index is 294. The number of allylic oxidation sites excluding steroid dienone is 1. The molecule has 0 aliphatic carbocycles. The molecule has 0 heterocycles. The minimum absolute atomic E-state index is 0.258. The van der Waals surface area contributed by atoms with Gasteiger partial charge in [0.25, 0.3) is 0 Å². The van der Waals surface area contributed by atoms with Crippen molar-refractivity contribution in [3.8, 4) is 5.75 Å². The molecule has 1 rings (SSSR count). The summed E-state index contributed by atoms with van der Waals surface area (Å²) in [6, 6.07) is 6.20. The van der Waals surface area contributed by atoms with Crippen LogP contribution in [-0.2, 0) is 0 Å². The van der Waals surface area contributed by atoms with Crippen LogP contribution in [0, 0.1) is 5.82 Å². The van der Waals surface area contributed by atoms with Crippen molar-refractivity contribution in [3.05, 3.63) is 42.2 Å². The number of benzene rings is 1. The van der Waals surface area contributed by atoms with Crippen molar-refractivity contribution in [3.63, 3.8) is 0 Å². The van der Waals surface area contributed by atoms with Gasteiger partial charge in [0.2, 0.25) is 0 Å². The summed E-state index contributed by atoms with van der Waals surface area (Å²) in [5.41, 5.74) is 0. The van der Waals surface area contributed by atoms with E-state index in [1.807, 2.05) is 0 Å². The van der Waals surface area contributed by atoms with Crippen LogP contribution in [0.5, 0.6) is 5.75 Å². The largest absolute Gasteiger partial charge is 0.493 e. The molecule has 14 heavy (non-hydrogen) atoms. The van der Waals surface area contributed by atoms with E-state index in [0.717, 1.165) is 12.8 Å². The average Bonchev–Trinajstić information content (AvgIpc) is 2.18. The Hall–Kier alpha value is -1.31. The van der Waals surface area contributed by atoms with Crippen molar-refractivity contribution in [2.24, 2.45) is 0 Å². The van der Waals surface area contributed by atoms with Crippen molar-refractivity contribution in [1.29, 1.82) is 0 Å². The van der Waals surface area contributed by atoms with E-state index >= 15 is 0 Å². The molecular weight excluding hydrogens is 179 g/mol. The van der Waals surface area contributed by atoms with Gasteiger partial charge in [0.1, 0.15) is 11.6 Å². The molecule has 0 fully saturated rings. The summed E-state index contributed by atoms with van der Waals surface area (Å²) >= 11 is 0. The fourth-order valence-electron chi connectivity index (χ4n) is 1.09. The summed E-state index contributed by atoms with van der Waals surface area (Å²) in [5.74, 6) is 0.335. The van der Waals surface area contributed by atoms with Crippen LogP contribution < -0.4 is 4.74 Å². The van der Waals surface area contributed by atoms with Crippen molar-refractivity contribution in [1.82, 2.24) is 0 Å². The third-order valence-electron chi connectivity index (χ3n) is 1.75.